The van der Waals surface area contributed by atoms with Crippen LogP contribution in [-0.2, 0) is 11.3 Å². The third-order valence-electron chi connectivity index (χ3n) is 5.38. The molecule has 3 nitrogen and oxygen atoms in total. The van der Waals surface area contributed by atoms with Crippen LogP contribution in [0, 0.1) is 11.8 Å². The third kappa shape index (κ3) is 5.94. The Bertz CT molecular complexity index is 1230. The molecule has 33 heavy (non-hydrogen) atoms. The van der Waals surface area contributed by atoms with Crippen LogP contribution >= 0.6 is 0 Å². The van der Waals surface area contributed by atoms with Gasteiger partial charge in [-0.1, -0.05) is 90.7 Å². The van der Waals surface area contributed by atoms with Gasteiger partial charge in [-0.3, -0.25) is 0 Å². The van der Waals surface area contributed by atoms with Gasteiger partial charge in [0.1, 0.15) is 0 Å². The van der Waals surface area contributed by atoms with E-state index in [9.17, 15) is 0 Å². The average molecular weight is 436 g/mol. The van der Waals surface area contributed by atoms with E-state index in [0.29, 0.717) is 13.2 Å². The number of fused-ring (bicyclic) bond motifs is 1. The van der Waals surface area contributed by atoms with E-state index in [2.05, 4.69) is 65.3 Å². The zero-order chi connectivity index (χ0) is 22.9. The highest BCUT2D eigenvalue weighted by Gasteiger charge is 2.18. The Hall–Kier alpha value is -3.74. The van der Waals surface area contributed by atoms with E-state index < -0.39 is 0 Å². The number of ether oxygens (including phenoxy) is 2. The molecule has 0 saturated heterocycles. The number of rotatable bonds is 8. The van der Waals surface area contributed by atoms with Crippen molar-refractivity contribution in [3.05, 3.63) is 108 Å². The highest BCUT2D eigenvalue weighted by atomic mass is 16.7. The molecule has 166 valence electrons. The smallest absolute Gasteiger partial charge is 0.197 e. The van der Waals surface area contributed by atoms with Crippen LogP contribution in [0.2, 0.25) is 0 Å². The van der Waals surface area contributed by atoms with Crippen LogP contribution in [0.4, 0.5) is 5.69 Å². The van der Waals surface area contributed by atoms with Gasteiger partial charge in [0.05, 0.1) is 12.2 Å². The molecule has 0 N–H and O–H groups in total. The fraction of sp³-hybridized carbons (Fsp3) is 0.200. The van der Waals surface area contributed by atoms with Gasteiger partial charge in [0.25, 0.3) is 0 Å². The molecule has 0 saturated carbocycles. The lowest BCUT2D eigenvalue weighted by Crippen LogP contribution is -2.25. The lowest BCUT2D eigenvalue weighted by molar-refractivity contribution is -0.0602. The van der Waals surface area contributed by atoms with Crippen LogP contribution in [0.25, 0.3) is 10.8 Å². The Morgan fingerprint density at radius 2 is 1.52 bits per heavy atom. The SMILES string of the molecule is CCOC(C)Oc1c(N(CC#Cc2ccccc2)Cc2ccccc2)ccc2ccccc12. The first kappa shape index (κ1) is 22.5. The molecule has 3 heteroatoms. The Kier molecular flexibility index (Phi) is 7.64. The fourth-order valence-corrected chi connectivity index (χ4v) is 3.83. The van der Waals surface area contributed by atoms with Crippen molar-refractivity contribution >= 4 is 16.5 Å². The van der Waals surface area contributed by atoms with E-state index in [1.165, 1.54) is 5.56 Å². The van der Waals surface area contributed by atoms with Crippen LogP contribution in [0.1, 0.15) is 25.0 Å². The minimum absolute atomic E-state index is 0.353. The molecule has 0 aliphatic carbocycles. The van der Waals surface area contributed by atoms with Crippen LogP contribution in [0.3, 0.4) is 0 Å². The van der Waals surface area contributed by atoms with Gasteiger partial charge in [0.2, 0.25) is 0 Å². The van der Waals surface area contributed by atoms with E-state index >= 15 is 0 Å². The van der Waals surface area contributed by atoms with Gasteiger partial charge in [-0.15, -0.1) is 0 Å². The first-order valence-electron chi connectivity index (χ1n) is 11.4. The third-order valence-corrected chi connectivity index (χ3v) is 5.38. The molecule has 0 bridgehead atoms. The van der Waals surface area contributed by atoms with Gasteiger partial charge in [0, 0.05) is 24.1 Å². The predicted molar refractivity (Wildman–Crippen MR) is 136 cm³/mol. The molecule has 0 amide bonds. The van der Waals surface area contributed by atoms with Gasteiger partial charge < -0.3 is 14.4 Å². The van der Waals surface area contributed by atoms with Crippen molar-refractivity contribution in [3.63, 3.8) is 0 Å². The van der Waals surface area contributed by atoms with Gasteiger partial charge in [0.15, 0.2) is 12.0 Å². The number of nitrogens with zero attached hydrogens (tertiary/aromatic N) is 1. The molecule has 1 atom stereocenters. The van der Waals surface area contributed by atoms with Crippen molar-refractivity contribution in [1.82, 2.24) is 0 Å². The summed E-state index contributed by atoms with van der Waals surface area (Å²) in [5.41, 5.74) is 3.24. The minimum Gasteiger partial charge on any atom is -0.462 e. The predicted octanol–water partition coefficient (Wildman–Crippen LogP) is 6.66. The molecule has 1 unspecified atom stereocenters. The van der Waals surface area contributed by atoms with Crippen LogP contribution in [0.15, 0.2) is 97.1 Å². The molecule has 4 aromatic rings. The summed E-state index contributed by atoms with van der Waals surface area (Å²) < 4.78 is 12.1. The van der Waals surface area contributed by atoms with Gasteiger partial charge >= 0.3 is 0 Å². The quantitative estimate of drug-likeness (QED) is 0.228. The molecule has 0 heterocycles. The van der Waals surface area contributed by atoms with Crippen molar-refractivity contribution in [2.45, 2.75) is 26.7 Å². The molecule has 0 fully saturated rings. The second-order valence-electron chi connectivity index (χ2n) is 7.79. The summed E-state index contributed by atoms with van der Waals surface area (Å²) in [6.07, 6.45) is -0.353. The molecular formula is C30H29NO2. The van der Waals surface area contributed by atoms with Crippen LogP contribution in [-0.4, -0.2) is 19.4 Å². The number of hydrogen-bond acceptors (Lipinski definition) is 3. The van der Waals surface area contributed by atoms with E-state index in [-0.39, 0.29) is 6.29 Å². The van der Waals surface area contributed by atoms with Crippen molar-refractivity contribution < 1.29 is 9.47 Å². The number of benzene rings is 4. The molecule has 4 rings (SSSR count). The van der Waals surface area contributed by atoms with Crippen molar-refractivity contribution in [2.75, 3.05) is 18.1 Å². The first-order chi connectivity index (χ1) is 16.2. The van der Waals surface area contributed by atoms with Gasteiger partial charge in [-0.2, -0.15) is 0 Å². The lowest BCUT2D eigenvalue weighted by atomic mass is 10.1. The van der Waals surface area contributed by atoms with Crippen LogP contribution < -0.4 is 9.64 Å². The average Bonchev–Trinajstić information content (AvgIpc) is 2.85. The molecule has 0 aliphatic rings. The van der Waals surface area contributed by atoms with Gasteiger partial charge in [-0.25, -0.2) is 0 Å². The van der Waals surface area contributed by atoms with E-state index in [1.54, 1.807) is 0 Å². The molecule has 0 spiro atoms. The van der Waals surface area contributed by atoms with Crippen molar-refractivity contribution in [3.8, 4) is 17.6 Å². The lowest BCUT2D eigenvalue weighted by Gasteiger charge is -2.27. The highest BCUT2D eigenvalue weighted by Crippen LogP contribution is 2.37. The summed E-state index contributed by atoms with van der Waals surface area (Å²) in [5.74, 6) is 7.48. The molecule has 0 aliphatic heterocycles. The monoisotopic (exact) mass is 435 g/mol. The maximum atomic E-state index is 6.37. The summed E-state index contributed by atoms with van der Waals surface area (Å²) in [4.78, 5) is 2.27. The Morgan fingerprint density at radius 3 is 2.27 bits per heavy atom. The highest BCUT2D eigenvalue weighted by molar-refractivity contribution is 5.93. The Labute approximate surface area is 196 Å². The summed E-state index contributed by atoms with van der Waals surface area (Å²) in [5, 5.41) is 2.20. The summed E-state index contributed by atoms with van der Waals surface area (Å²) in [6, 6.07) is 33.1. The maximum Gasteiger partial charge on any atom is 0.197 e. The molecule has 4 aromatic carbocycles. The number of anilines is 1. The summed E-state index contributed by atoms with van der Waals surface area (Å²) in [7, 11) is 0. The van der Waals surface area contributed by atoms with Gasteiger partial charge in [-0.05, 0) is 43.0 Å². The normalized spacial score (nSPS) is 11.5. The van der Waals surface area contributed by atoms with Crippen molar-refractivity contribution in [2.24, 2.45) is 0 Å². The zero-order valence-corrected chi connectivity index (χ0v) is 19.2. The summed E-state index contributed by atoms with van der Waals surface area (Å²) >= 11 is 0. The first-order valence-corrected chi connectivity index (χ1v) is 11.4. The minimum atomic E-state index is -0.353. The standard InChI is InChI=1S/C30H29NO2/c1-3-32-24(2)33-30-28-19-11-10-18-27(28)20-21-29(30)31(23-26-15-8-5-9-16-26)22-12-17-25-13-6-4-7-14-25/h4-11,13-16,18-21,24H,3,22-23H2,1-2H3. The topological polar surface area (TPSA) is 21.7 Å². The second-order valence-corrected chi connectivity index (χ2v) is 7.79. The largest absolute Gasteiger partial charge is 0.462 e. The molecule has 0 aromatic heterocycles. The zero-order valence-electron chi connectivity index (χ0n) is 19.2. The van der Waals surface area contributed by atoms with E-state index in [4.69, 9.17) is 9.47 Å². The maximum absolute atomic E-state index is 6.37. The fourth-order valence-electron chi connectivity index (χ4n) is 3.83. The Balaban J connectivity index is 1.74. The number of hydrogen-bond donors (Lipinski definition) is 0. The molecular weight excluding hydrogens is 406 g/mol. The summed E-state index contributed by atoms with van der Waals surface area (Å²) in [6.45, 7) is 5.80. The Morgan fingerprint density at radius 1 is 0.818 bits per heavy atom. The molecule has 0 radical (unpaired) electrons. The van der Waals surface area contributed by atoms with E-state index in [1.807, 2.05) is 62.4 Å². The van der Waals surface area contributed by atoms with Crippen LogP contribution in [0.5, 0.6) is 5.75 Å². The van der Waals surface area contributed by atoms with Crippen molar-refractivity contribution in [1.29, 1.82) is 0 Å². The second kappa shape index (κ2) is 11.2. The van der Waals surface area contributed by atoms with E-state index in [0.717, 1.165) is 34.3 Å².